The van der Waals surface area contributed by atoms with Crippen molar-refractivity contribution in [1.82, 2.24) is 10.3 Å². The Bertz CT molecular complexity index is 713. The van der Waals surface area contributed by atoms with E-state index in [1.165, 1.54) is 0 Å². The fourth-order valence-electron chi connectivity index (χ4n) is 3.40. The van der Waals surface area contributed by atoms with Crippen LogP contribution in [0.5, 0.6) is 0 Å². The van der Waals surface area contributed by atoms with Crippen LogP contribution in [0.2, 0.25) is 0 Å². The summed E-state index contributed by atoms with van der Waals surface area (Å²) in [5, 5.41) is 13.6. The average molecular weight is 298 g/mol. The number of hydrogen-bond acceptors (Lipinski definition) is 3. The Labute approximate surface area is 130 Å². The number of hydrogen-bond donors (Lipinski definition) is 2. The van der Waals surface area contributed by atoms with E-state index in [0.717, 1.165) is 35.9 Å². The van der Waals surface area contributed by atoms with Crippen LogP contribution >= 0.6 is 0 Å². The highest BCUT2D eigenvalue weighted by molar-refractivity contribution is 6.06. The molecule has 0 saturated heterocycles. The van der Waals surface area contributed by atoms with E-state index in [-0.39, 0.29) is 24.0 Å². The first-order valence-electron chi connectivity index (χ1n) is 7.81. The van der Waals surface area contributed by atoms with Crippen LogP contribution in [0.3, 0.4) is 0 Å². The van der Waals surface area contributed by atoms with Gasteiger partial charge in [0.1, 0.15) is 0 Å². The highest BCUT2D eigenvalue weighted by Crippen LogP contribution is 2.37. The molecule has 1 aromatic heterocycles. The van der Waals surface area contributed by atoms with Gasteiger partial charge in [0.2, 0.25) is 0 Å². The molecule has 4 heteroatoms. The lowest BCUT2D eigenvalue weighted by atomic mass is 9.85. The van der Waals surface area contributed by atoms with E-state index in [1.807, 2.05) is 44.2 Å². The molecule has 3 rings (SSSR count). The summed E-state index contributed by atoms with van der Waals surface area (Å²) in [6, 6.07) is 9.56. The first-order chi connectivity index (χ1) is 10.5. The highest BCUT2D eigenvalue weighted by atomic mass is 16.3. The maximum Gasteiger partial charge on any atom is 0.252 e. The van der Waals surface area contributed by atoms with Crippen LogP contribution in [0, 0.1) is 12.3 Å². The molecule has 0 aliphatic heterocycles. The first-order valence-corrected chi connectivity index (χ1v) is 7.81. The minimum atomic E-state index is -0.215. The number of aliphatic hydroxyl groups excluding tert-OH is 1. The average Bonchev–Trinajstić information content (AvgIpc) is 2.88. The van der Waals surface area contributed by atoms with Crippen molar-refractivity contribution in [1.29, 1.82) is 0 Å². The Balaban J connectivity index is 1.93. The SMILES string of the molecule is Cc1cc(C(=O)N[C@@H]2CCC[C@@]2(C)CO)c2ccccc2n1. The molecule has 0 spiro atoms. The van der Waals surface area contributed by atoms with Crippen LogP contribution in [-0.4, -0.2) is 28.6 Å². The number of aryl methyl sites for hydroxylation is 1. The standard InChI is InChI=1S/C18H22N2O2/c1-12-10-14(13-6-3-4-7-15(13)19-12)17(22)20-16-8-5-9-18(16,2)11-21/h3-4,6-7,10,16,21H,5,8-9,11H2,1-2H3,(H,20,22)/t16-,18+/m1/s1. The maximum atomic E-state index is 12.8. The quantitative estimate of drug-likeness (QED) is 0.916. The summed E-state index contributed by atoms with van der Waals surface area (Å²) in [7, 11) is 0. The Hall–Kier alpha value is -1.94. The van der Waals surface area contributed by atoms with Gasteiger partial charge in [0.05, 0.1) is 17.7 Å². The van der Waals surface area contributed by atoms with E-state index in [0.29, 0.717) is 5.56 Å². The predicted octanol–water partition coefficient (Wildman–Crippen LogP) is 2.82. The van der Waals surface area contributed by atoms with Gasteiger partial charge in [0.15, 0.2) is 0 Å². The fourth-order valence-corrected chi connectivity index (χ4v) is 3.40. The smallest absolute Gasteiger partial charge is 0.252 e. The topological polar surface area (TPSA) is 62.2 Å². The van der Waals surface area contributed by atoms with Crippen molar-refractivity contribution in [2.24, 2.45) is 5.41 Å². The van der Waals surface area contributed by atoms with Gasteiger partial charge >= 0.3 is 0 Å². The Morgan fingerprint density at radius 1 is 1.45 bits per heavy atom. The number of aromatic nitrogens is 1. The number of amides is 1. The molecular weight excluding hydrogens is 276 g/mol. The van der Waals surface area contributed by atoms with E-state index in [1.54, 1.807) is 0 Å². The molecule has 1 fully saturated rings. The molecule has 0 radical (unpaired) electrons. The molecule has 1 saturated carbocycles. The number of aliphatic hydroxyl groups is 1. The van der Waals surface area contributed by atoms with Crippen LogP contribution in [0.25, 0.3) is 10.9 Å². The maximum absolute atomic E-state index is 12.8. The van der Waals surface area contributed by atoms with Crippen LogP contribution in [0.4, 0.5) is 0 Å². The number of fused-ring (bicyclic) bond motifs is 1. The number of nitrogens with one attached hydrogen (secondary N) is 1. The summed E-state index contributed by atoms with van der Waals surface area (Å²) in [5.74, 6) is -0.0757. The second-order valence-corrected chi connectivity index (χ2v) is 6.56. The van der Waals surface area contributed by atoms with E-state index >= 15 is 0 Å². The van der Waals surface area contributed by atoms with Gasteiger partial charge in [-0.1, -0.05) is 31.5 Å². The number of carbonyl (C=O) groups is 1. The summed E-state index contributed by atoms with van der Waals surface area (Å²) in [5.41, 5.74) is 2.12. The molecule has 116 valence electrons. The molecule has 0 unspecified atom stereocenters. The third kappa shape index (κ3) is 2.59. The lowest BCUT2D eigenvalue weighted by Gasteiger charge is -2.30. The third-order valence-corrected chi connectivity index (χ3v) is 4.84. The van der Waals surface area contributed by atoms with Crippen molar-refractivity contribution in [2.75, 3.05) is 6.61 Å². The normalized spacial score (nSPS) is 24.6. The van der Waals surface area contributed by atoms with Gasteiger partial charge in [0, 0.05) is 22.5 Å². The summed E-state index contributed by atoms with van der Waals surface area (Å²) >= 11 is 0. The van der Waals surface area contributed by atoms with Crippen LogP contribution in [0.15, 0.2) is 30.3 Å². The minimum Gasteiger partial charge on any atom is -0.396 e. The van der Waals surface area contributed by atoms with E-state index in [2.05, 4.69) is 10.3 Å². The fraction of sp³-hybridized carbons (Fsp3) is 0.444. The molecule has 0 bridgehead atoms. The number of benzene rings is 1. The zero-order valence-corrected chi connectivity index (χ0v) is 13.1. The predicted molar refractivity (Wildman–Crippen MR) is 86.8 cm³/mol. The Kier molecular flexibility index (Phi) is 3.87. The molecule has 2 N–H and O–H groups in total. The van der Waals surface area contributed by atoms with Gasteiger partial charge in [-0.15, -0.1) is 0 Å². The van der Waals surface area contributed by atoms with Gasteiger partial charge in [-0.2, -0.15) is 0 Å². The van der Waals surface area contributed by atoms with Crippen molar-refractivity contribution in [3.63, 3.8) is 0 Å². The monoisotopic (exact) mass is 298 g/mol. The van der Waals surface area contributed by atoms with Gasteiger partial charge < -0.3 is 10.4 Å². The third-order valence-electron chi connectivity index (χ3n) is 4.84. The van der Waals surface area contributed by atoms with E-state index in [4.69, 9.17) is 0 Å². The van der Waals surface area contributed by atoms with Gasteiger partial charge in [-0.05, 0) is 31.9 Å². The Morgan fingerprint density at radius 2 is 2.23 bits per heavy atom. The molecule has 1 heterocycles. The second kappa shape index (κ2) is 5.69. The molecule has 1 aromatic carbocycles. The van der Waals surface area contributed by atoms with Gasteiger partial charge in [-0.25, -0.2) is 0 Å². The second-order valence-electron chi connectivity index (χ2n) is 6.56. The van der Waals surface area contributed by atoms with Gasteiger partial charge in [-0.3, -0.25) is 9.78 Å². The first kappa shape index (κ1) is 15.0. The summed E-state index contributed by atoms with van der Waals surface area (Å²) in [4.78, 5) is 17.2. The van der Waals surface area contributed by atoms with Crippen LogP contribution < -0.4 is 5.32 Å². The zero-order chi connectivity index (χ0) is 15.7. The van der Waals surface area contributed by atoms with E-state index < -0.39 is 0 Å². The molecule has 1 aliphatic carbocycles. The Morgan fingerprint density at radius 3 is 3.00 bits per heavy atom. The molecule has 1 amide bonds. The van der Waals surface area contributed by atoms with Crippen molar-refractivity contribution < 1.29 is 9.90 Å². The lowest BCUT2D eigenvalue weighted by Crippen LogP contribution is -2.44. The van der Waals surface area contributed by atoms with Crippen molar-refractivity contribution >= 4 is 16.8 Å². The highest BCUT2D eigenvalue weighted by Gasteiger charge is 2.39. The largest absolute Gasteiger partial charge is 0.396 e. The number of carbonyl (C=O) groups excluding carboxylic acids is 1. The molecule has 2 atom stereocenters. The molecule has 22 heavy (non-hydrogen) atoms. The van der Waals surface area contributed by atoms with Crippen LogP contribution in [0.1, 0.15) is 42.2 Å². The minimum absolute atomic E-state index is 0.0252. The molecule has 1 aliphatic rings. The molecular formula is C18H22N2O2. The van der Waals surface area contributed by atoms with Crippen molar-refractivity contribution in [3.8, 4) is 0 Å². The van der Waals surface area contributed by atoms with Crippen LogP contribution in [-0.2, 0) is 0 Å². The number of nitrogens with zero attached hydrogens (tertiary/aromatic N) is 1. The number of para-hydroxylation sites is 1. The van der Waals surface area contributed by atoms with Crippen molar-refractivity contribution in [2.45, 2.75) is 39.2 Å². The van der Waals surface area contributed by atoms with E-state index in [9.17, 15) is 9.90 Å². The lowest BCUT2D eigenvalue weighted by molar-refractivity contribution is 0.0832. The molecule has 2 aromatic rings. The zero-order valence-electron chi connectivity index (χ0n) is 13.1. The number of pyridine rings is 1. The summed E-state index contributed by atoms with van der Waals surface area (Å²) in [6.45, 7) is 4.05. The summed E-state index contributed by atoms with van der Waals surface area (Å²) < 4.78 is 0. The van der Waals surface area contributed by atoms with Gasteiger partial charge in [0.25, 0.3) is 5.91 Å². The number of rotatable bonds is 3. The van der Waals surface area contributed by atoms with Crippen molar-refractivity contribution in [3.05, 3.63) is 41.6 Å². The molecule has 4 nitrogen and oxygen atoms in total. The summed E-state index contributed by atoms with van der Waals surface area (Å²) in [6.07, 6.45) is 2.91.